The van der Waals surface area contributed by atoms with Crippen molar-refractivity contribution in [3.63, 3.8) is 0 Å². The molecule has 0 saturated heterocycles. The number of benzene rings is 2. The molecule has 1 aliphatic rings. The first kappa shape index (κ1) is 26.6. The molecule has 0 radical (unpaired) electrons. The molecular formula is C28H33ClN5O3+. The van der Waals surface area contributed by atoms with Gasteiger partial charge in [0.05, 0.1) is 31.6 Å². The van der Waals surface area contributed by atoms with Crippen LogP contribution < -0.4 is 25.8 Å². The molecule has 37 heavy (non-hydrogen) atoms. The van der Waals surface area contributed by atoms with Gasteiger partial charge in [0.1, 0.15) is 6.54 Å². The highest BCUT2D eigenvalue weighted by molar-refractivity contribution is 6.30. The Morgan fingerprint density at radius 2 is 1.81 bits per heavy atom. The summed E-state index contributed by atoms with van der Waals surface area (Å²) in [7, 11) is 0. The number of hydrogen-bond acceptors (Lipinski definition) is 5. The van der Waals surface area contributed by atoms with Crippen LogP contribution in [0.15, 0.2) is 67.0 Å². The van der Waals surface area contributed by atoms with Crippen molar-refractivity contribution in [1.82, 2.24) is 5.32 Å². The van der Waals surface area contributed by atoms with Gasteiger partial charge in [-0.25, -0.2) is 5.32 Å². The molecule has 1 aromatic heterocycles. The molecule has 0 fully saturated rings. The number of nitrogens with zero attached hydrogens (tertiary/aromatic N) is 2. The number of anilines is 2. The summed E-state index contributed by atoms with van der Waals surface area (Å²) in [5.74, 6) is 0.0200. The molecule has 2 heterocycles. The van der Waals surface area contributed by atoms with Gasteiger partial charge >= 0.3 is 6.03 Å². The Labute approximate surface area is 222 Å². The smallest absolute Gasteiger partial charge is 0.378 e. The van der Waals surface area contributed by atoms with Gasteiger partial charge in [0.25, 0.3) is 0 Å². The van der Waals surface area contributed by atoms with E-state index in [-0.39, 0.29) is 24.0 Å². The van der Waals surface area contributed by atoms with Crippen LogP contribution in [-0.2, 0) is 9.53 Å². The first-order chi connectivity index (χ1) is 17.9. The summed E-state index contributed by atoms with van der Waals surface area (Å²) in [6, 6.07) is 17.4. The number of hydrogen-bond donors (Lipinski definition) is 3. The van der Waals surface area contributed by atoms with Crippen molar-refractivity contribution in [3.8, 4) is 11.1 Å². The molecule has 4 N–H and O–H groups in total. The van der Waals surface area contributed by atoms with Crippen molar-refractivity contribution < 1.29 is 18.9 Å². The molecule has 1 aliphatic heterocycles. The molecule has 0 bridgehead atoms. The molecule has 0 aliphatic carbocycles. The number of carbonyl (C=O) groups excluding carboxylic acids is 2. The number of carbonyl (C=O) groups is 2. The average molecular weight is 523 g/mol. The van der Waals surface area contributed by atoms with Crippen LogP contribution in [0.25, 0.3) is 11.1 Å². The SMILES string of the molecule is CC(=O)N1c2ccc(-c3cc[n+](C(=O)NCCOCCN)cc3)cc2[C@H](Nc2ccc(Cl)cc2)C[C@@H]1C. The molecule has 8 nitrogen and oxygen atoms in total. The predicted octanol–water partition coefficient (Wildman–Crippen LogP) is 4.13. The van der Waals surface area contributed by atoms with E-state index in [9.17, 15) is 9.59 Å². The summed E-state index contributed by atoms with van der Waals surface area (Å²) in [6.07, 6.45) is 4.24. The number of pyridine rings is 1. The normalized spacial score (nSPS) is 16.7. The fraction of sp³-hybridized carbons (Fsp3) is 0.321. The van der Waals surface area contributed by atoms with Crippen LogP contribution in [0.1, 0.15) is 31.9 Å². The maximum absolute atomic E-state index is 12.5. The monoisotopic (exact) mass is 522 g/mol. The van der Waals surface area contributed by atoms with Crippen LogP contribution in [-0.4, -0.2) is 44.3 Å². The minimum absolute atomic E-state index is 0.0163. The number of fused-ring (bicyclic) bond motifs is 1. The highest BCUT2D eigenvalue weighted by Crippen LogP contribution is 2.41. The second kappa shape index (κ2) is 12.2. The van der Waals surface area contributed by atoms with Crippen LogP contribution in [0, 0.1) is 0 Å². The van der Waals surface area contributed by atoms with E-state index in [1.807, 2.05) is 53.4 Å². The molecule has 0 saturated carbocycles. The lowest BCUT2D eigenvalue weighted by Crippen LogP contribution is -2.50. The summed E-state index contributed by atoms with van der Waals surface area (Å²) in [5.41, 5.74) is 10.3. The lowest BCUT2D eigenvalue weighted by Gasteiger charge is -2.39. The zero-order valence-electron chi connectivity index (χ0n) is 21.1. The average Bonchev–Trinajstić information content (AvgIpc) is 2.89. The second-order valence-electron chi connectivity index (χ2n) is 9.08. The quantitative estimate of drug-likeness (QED) is 0.305. The summed E-state index contributed by atoms with van der Waals surface area (Å²) < 4.78 is 6.78. The van der Waals surface area contributed by atoms with Crippen molar-refractivity contribution in [3.05, 3.63) is 77.6 Å². The Balaban J connectivity index is 1.56. The molecule has 9 heteroatoms. The van der Waals surface area contributed by atoms with Crippen molar-refractivity contribution in [2.45, 2.75) is 32.4 Å². The van der Waals surface area contributed by atoms with Crippen LogP contribution in [0.5, 0.6) is 0 Å². The number of amides is 2. The Morgan fingerprint density at radius 1 is 1.08 bits per heavy atom. The van der Waals surface area contributed by atoms with Crippen molar-refractivity contribution >= 4 is 34.9 Å². The molecule has 0 spiro atoms. The number of aromatic nitrogens is 1. The van der Waals surface area contributed by atoms with Gasteiger partial charge in [-0.15, -0.1) is 0 Å². The van der Waals surface area contributed by atoms with E-state index >= 15 is 0 Å². The van der Waals surface area contributed by atoms with E-state index in [1.54, 1.807) is 19.3 Å². The summed E-state index contributed by atoms with van der Waals surface area (Å²) >= 11 is 6.07. The third kappa shape index (κ3) is 6.46. The topological polar surface area (TPSA) is 101 Å². The molecule has 3 aromatic rings. The van der Waals surface area contributed by atoms with Gasteiger partial charge in [0.15, 0.2) is 0 Å². The van der Waals surface area contributed by atoms with Crippen LogP contribution in [0.4, 0.5) is 16.2 Å². The number of halogens is 1. The maximum Gasteiger partial charge on any atom is 0.495 e. The number of rotatable bonds is 8. The minimum atomic E-state index is -0.230. The highest BCUT2D eigenvalue weighted by Gasteiger charge is 2.32. The van der Waals surface area contributed by atoms with Gasteiger partial charge in [-0.05, 0) is 78.6 Å². The third-order valence-electron chi connectivity index (χ3n) is 6.39. The first-order valence-electron chi connectivity index (χ1n) is 12.4. The van der Waals surface area contributed by atoms with E-state index in [0.29, 0.717) is 31.3 Å². The predicted molar refractivity (Wildman–Crippen MR) is 146 cm³/mol. The van der Waals surface area contributed by atoms with E-state index < -0.39 is 0 Å². The Kier molecular flexibility index (Phi) is 8.76. The first-order valence-corrected chi connectivity index (χ1v) is 12.8. The van der Waals surface area contributed by atoms with E-state index in [2.05, 4.69) is 23.6 Å². The van der Waals surface area contributed by atoms with Gasteiger partial charge in [-0.1, -0.05) is 17.7 Å². The minimum Gasteiger partial charge on any atom is -0.378 e. The van der Waals surface area contributed by atoms with E-state index in [1.165, 1.54) is 4.57 Å². The third-order valence-corrected chi connectivity index (χ3v) is 6.64. The summed E-state index contributed by atoms with van der Waals surface area (Å²) in [6.45, 7) is 5.42. The maximum atomic E-state index is 12.5. The second-order valence-corrected chi connectivity index (χ2v) is 9.51. The van der Waals surface area contributed by atoms with E-state index in [4.69, 9.17) is 22.1 Å². The van der Waals surface area contributed by atoms with Gasteiger partial charge < -0.3 is 20.7 Å². The molecule has 0 unspecified atom stereocenters. The fourth-order valence-corrected chi connectivity index (χ4v) is 4.79. The van der Waals surface area contributed by atoms with E-state index in [0.717, 1.165) is 34.5 Å². The van der Waals surface area contributed by atoms with Crippen molar-refractivity contribution in [1.29, 1.82) is 0 Å². The highest BCUT2D eigenvalue weighted by atomic mass is 35.5. The zero-order valence-corrected chi connectivity index (χ0v) is 21.9. The Bertz CT molecular complexity index is 1230. The molecule has 194 valence electrons. The fourth-order valence-electron chi connectivity index (χ4n) is 4.67. The summed E-state index contributed by atoms with van der Waals surface area (Å²) in [4.78, 5) is 26.8. The van der Waals surface area contributed by atoms with Crippen molar-refractivity contribution in [2.24, 2.45) is 5.73 Å². The molecule has 4 rings (SSSR count). The summed E-state index contributed by atoms with van der Waals surface area (Å²) in [5, 5.41) is 7.12. The van der Waals surface area contributed by atoms with Gasteiger partial charge in [-0.2, -0.15) is 9.36 Å². The molecule has 2 amide bonds. The number of ether oxygens (including phenoxy) is 1. The lowest BCUT2D eigenvalue weighted by molar-refractivity contribution is -0.572. The molecule has 2 atom stereocenters. The largest absolute Gasteiger partial charge is 0.495 e. The molecule has 2 aromatic carbocycles. The van der Waals surface area contributed by atoms with Crippen LogP contribution in [0.3, 0.4) is 0 Å². The van der Waals surface area contributed by atoms with Crippen LogP contribution in [0.2, 0.25) is 5.02 Å². The van der Waals surface area contributed by atoms with Gasteiger partial charge in [-0.3, -0.25) is 4.79 Å². The zero-order chi connectivity index (χ0) is 26.4. The molecular weight excluding hydrogens is 490 g/mol. The van der Waals surface area contributed by atoms with Gasteiger partial charge in [0, 0.05) is 35.9 Å². The van der Waals surface area contributed by atoms with Crippen molar-refractivity contribution in [2.75, 3.05) is 36.5 Å². The van der Waals surface area contributed by atoms with Gasteiger partial charge in [0.2, 0.25) is 5.91 Å². The number of nitrogens with two attached hydrogens (primary N) is 1. The lowest BCUT2D eigenvalue weighted by atomic mass is 9.89. The Morgan fingerprint density at radius 3 is 2.49 bits per heavy atom. The Hall–Kier alpha value is -3.46. The standard InChI is InChI=1S/C28H32ClN5O3/c1-19-17-26(32-24-6-4-23(29)5-7-24)25-18-22(3-8-27(25)34(19)20(2)35)21-9-13-33(14-10-21)28(36)31-12-16-37-15-11-30/h3-10,13-14,18-19,26,32H,11-12,15-17,30H2,1-2H3/p+1/t19-,26+/m0/s1. The van der Waals surface area contributed by atoms with Crippen LogP contribution >= 0.6 is 11.6 Å². The number of nitrogens with one attached hydrogen (secondary N) is 2.